The van der Waals surface area contributed by atoms with Crippen LogP contribution < -0.4 is 14.8 Å². The number of aryl methyl sites for hydroxylation is 1. The van der Waals surface area contributed by atoms with Gasteiger partial charge in [-0.2, -0.15) is 0 Å². The lowest BCUT2D eigenvalue weighted by Gasteiger charge is -2.16. The predicted molar refractivity (Wildman–Crippen MR) is 125 cm³/mol. The number of hydrogen-bond donors (Lipinski definition) is 1. The second-order valence-electron chi connectivity index (χ2n) is 7.23. The molecule has 0 spiro atoms. The molecule has 1 aromatic heterocycles. The van der Waals surface area contributed by atoms with Crippen LogP contribution in [-0.2, 0) is 10.0 Å². The van der Waals surface area contributed by atoms with Crippen LogP contribution in [0.2, 0.25) is 0 Å². The Hall–Kier alpha value is -2.95. The summed E-state index contributed by atoms with van der Waals surface area (Å²) in [5, 5.41) is 5.05. The van der Waals surface area contributed by atoms with Crippen molar-refractivity contribution in [2.45, 2.75) is 18.7 Å². The van der Waals surface area contributed by atoms with E-state index < -0.39 is 15.9 Å². The zero-order chi connectivity index (χ0) is 23.6. The molecule has 3 rings (SSSR count). The molecule has 1 N–H and O–H groups in total. The molecule has 0 unspecified atom stereocenters. The smallest absolute Gasteiger partial charge is 0.275 e. The Balaban J connectivity index is 1.94. The Morgan fingerprint density at radius 1 is 1.12 bits per heavy atom. The minimum atomic E-state index is -3.64. The molecule has 32 heavy (non-hydrogen) atoms. The number of amides is 1. The maximum atomic E-state index is 12.9. The van der Waals surface area contributed by atoms with Crippen LogP contribution in [0.5, 0.6) is 11.5 Å². The number of carbonyl (C=O) groups is 1. The van der Waals surface area contributed by atoms with E-state index in [0.29, 0.717) is 27.8 Å². The minimum Gasteiger partial charge on any atom is -0.493 e. The van der Waals surface area contributed by atoms with Crippen molar-refractivity contribution in [3.05, 3.63) is 52.5 Å². The third kappa shape index (κ3) is 4.47. The molecule has 10 heteroatoms. The second kappa shape index (κ2) is 9.27. The van der Waals surface area contributed by atoms with Gasteiger partial charge in [-0.05, 0) is 49.2 Å². The number of nitrogens with one attached hydrogen (secondary N) is 1. The highest BCUT2D eigenvalue weighted by atomic mass is 32.2. The molecule has 0 aliphatic heterocycles. The highest BCUT2D eigenvalue weighted by Gasteiger charge is 2.22. The number of carbonyl (C=O) groups excluding carboxylic acids is 1. The van der Waals surface area contributed by atoms with Crippen molar-refractivity contribution in [3.63, 3.8) is 0 Å². The van der Waals surface area contributed by atoms with E-state index in [1.165, 1.54) is 31.5 Å². The molecule has 1 amide bonds. The molecule has 0 aliphatic rings. The molecule has 8 nitrogen and oxygen atoms in total. The fourth-order valence-corrected chi connectivity index (χ4v) is 4.90. The lowest BCUT2D eigenvalue weighted by atomic mass is 10.1. The number of aromatic nitrogens is 1. The largest absolute Gasteiger partial charge is 0.493 e. The van der Waals surface area contributed by atoms with Gasteiger partial charge < -0.3 is 14.8 Å². The van der Waals surface area contributed by atoms with Crippen molar-refractivity contribution in [2.75, 3.05) is 33.6 Å². The summed E-state index contributed by atoms with van der Waals surface area (Å²) in [6.07, 6.45) is 0. The Kier molecular flexibility index (Phi) is 6.87. The first kappa shape index (κ1) is 23.7. The van der Waals surface area contributed by atoms with Crippen molar-refractivity contribution in [3.8, 4) is 22.1 Å². The Morgan fingerprint density at radius 3 is 2.47 bits per heavy atom. The van der Waals surface area contributed by atoms with Crippen LogP contribution >= 0.6 is 11.3 Å². The Morgan fingerprint density at radius 2 is 1.84 bits per heavy atom. The summed E-state index contributed by atoms with van der Waals surface area (Å²) >= 11 is 1.30. The number of methoxy groups -OCH3 is 2. The molecule has 0 saturated heterocycles. The van der Waals surface area contributed by atoms with Gasteiger partial charge in [0.25, 0.3) is 5.91 Å². The quantitative estimate of drug-likeness (QED) is 0.556. The van der Waals surface area contributed by atoms with Gasteiger partial charge in [-0.1, -0.05) is 6.07 Å². The monoisotopic (exact) mass is 475 g/mol. The van der Waals surface area contributed by atoms with Crippen LogP contribution in [0.4, 0.5) is 5.69 Å². The van der Waals surface area contributed by atoms with Gasteiger partial charge in [0.2, 0.25) is 10.0 Å². The molecule has 0 radical (unpaired) electrons. The van der Waals surface area contributed by atoms with Gasteiger partial charge in [-0.3, -0.25) is 4.79 Å². The zero-order valence-electron chi connectivity index (χ0n) is 18.7. The van der Waals surface area contributed by atoms with Gasteiger partial charge >= 0.3 is 0 Å². The number of hydrogen-bond acceptors (Lipinski definition) is 7. The fraction of sp³-hybridized carbons (Fsp3) is 0.273. The lowest BCUT2D eigenvalue weighted by molar-refractivity contribution is 0.102. The van der Waals surface area contributed by atoms with Crippen LogP contribution in [0.25, 0.3) is 10.6 Å². The maximum absolute atomic E-state index is 12.9. The van der Waals surface area contributed by atoms with Crippen molar-refractivity contribution < 1.29 is 22.7 Å². The molecule has 0 bridgehead atoms. The highest BCUT2D eigenvalue weighted by molar-refractivity contribution is 7.89. The number of sulfonamides is 1. The van der Waals surface area contributed by atoms with E-state index in [-0.39, 0.29) is 10.6 Å². The summed E-state index contributed by atoms with van der Waals surface area (Å²) in [7, 11) is 2.38. The summed E-state index contributed by atoms with van der Waals surface area (Å²) in [5.41, 5.74) is 2.88. The van der Waals surface area contributed by atoms with Gasteiger partial charge in [-0.25, -0.2) is 17.7 Å². The number of thiazole rings is 1. The van der Waals surface area contributed by atoms with Crippen molar-refractivity contribution in [1.82, 2.24) is 9.29 Å². The number of para-hydroxylation sites is 1. The first-order valence-corrected chi connectivity index (χ1v) is 11.9. The SMILES string of the molecule is COc1cccc(-c2nc(C(=O)Nc3cc(S(=O)(=O)N(C)C)cc(C)c3C)cs2)c1OC. The predicted octanol–water partition coefficient (Wildman–Crippen LogP) is 3.95. The van der Waals surface area contributed by atoms with E-state index in [2.05, 4.69) is 10.3 Å². The average Bonchev–Trinajstić information content (AvgIpc) is 3.26. The van der Waals surface area contributed by atoms with Crippen LogP contribution in [-0.4, -0.2) is 51.9 Å². The molecule has 0 atom stereocenters. The highest BCUT2D eigenvalue weighted by Crippen LogP contribution is 2.39. The first-order chi connectivity index (χ1) is 15.1. The van der Waals surface area contributed by atoms with Gasteiger partial charge in [0.05, 0.1) is 24.7 Å². The molecule has 0 saturated carbocycles. The summed E-state index contributed by atoms with van der Waals surface area (Å²) in [4.78, 5) is 17.5. The lowest BCUT2D eigenvalue weighted by Crippen LogP contribution is -2.23. The maximum Gasteiger partial charge on any atom is 0.275 e. The summed E-state index contributed by atoms with van der Waals surface area (Å²) < 4.78 is 37.0. The van der Waals surface area contributed by atoms with E-state index in [0.717, 1.165) is 15.4 Å². The molecule has 170 valence electrons. The third-order valence-corrected chi connectivity index (χ3v) is 7.71. The van der Waals surface area contributed by atoms with Crippen LogP contribution in [0.3, 0.4) is 0 Å². The average molecular weight is 476 g/mol. The standard InChI is InChI=1S/C22H25N3O5S2/c1-13-10-15(32(27,28)25(3)4)11-17(14(13)2)23-21(26)18-12-31-22(24-18)16-8-7-9-19(29-5)20(16)30-6/h7-12H,1-6H3,(H,23,26). The topological polar surface area (TPSA) is 97.8 Å². The molecule has 2 aromatic carbocycles. The van der Waals surface area contributed by atoms with Crippen molar-refractivity contribution >= 4 is 33.0 Å². The third-order valence-electron chi connectivity index (χ3n) is 5.04. The van der Waals surface area contributed by atoms with E-state index in [9.17, 15) is 13.2 Å². The summed E-state index contributed by atoms with van der Waals surface area (Å²) in [5.74, 6) is 0.664. The van der Waals surface area contributed by atoms with Gasteiger partial charge in [0.1, 0.15) is 10.7 Å². The molecule has 3 aromatic rings. The molecule has 0 aliphatic carbocycles. The van der Waals surface area contributed by atoms with Gasteiger partial charge in [0, 0.05) is 25.2 Å². The number of ether oxygens (including phenoxy) is 2. The van der Waals surface area contributed by atoms with Gasteiger partial charge in [0.15, 0.2) is 11.5 Å². The Labute approximate surface area is 191 Å². The first-order valence-electron chi connectivity index (χ1n) is 9.62. The van der Waals surface area contributed by atoms with Crippen molar-refractivity contribution in [2.24, 2.45) is 0 Å². The van der Waals surface area contributed by atoms with Crippen molar-refractivity contribution in [1.29, 1.82) is 0 Å². The van der Waals surface area contributed by atoms with E-state index in [1.807, 2.05) is 19.1 Å². The normalized spacial score (nSPS) is 11.5. The number of nitrogens with zero attached hydrogens (tertiary/aromatic N) is 2. The van der Waals surface area contributed by atoms with Crippen LogP contribution in [0.15, 0.2) is 40.6 Å². The minimum absolute atomic E-state index is 0.112. The van der Waals surface area contributed by atoms with Gasteiger partial charge in [-0.15, -0.1) is 11.3 Å². The van der Waals surface area contributed by atoms with E-state index in [4.69, 9.17) is 9.47 Å². The van der Waals surface area contributed by atoms with Crippen LogP contribution in [0, 0.1) is 13.8 Å². The fourth-order valence-electron chi connectivity index (χ4n) is 3.06. The summed E-state index contributed by atoms with van der Waals surface area (Å²) in [6, 6.07) is 8.50. The molecule has 0 fully saturated rings. The molecular weight excluding hydrogens is 450 g/mol. The van der Waals surface area contributed by atoms with E-state index in [1.54, 1.807) is 38.7 Å². The molecular formula is C22H25N3O5S2. The number of benzene rings is 2. The van der Waals surface area contributed by atoms with E-state index >= 15 is 0 Å². The second-order valence-corrected chi connectivity index (χ2v) is 10.2. The molecule has 1 heterocycles. The Bertz CT molecular complexity index is 1270. The number of anilines is 1. The van der Waals surface area contributed by atoms with Crippen LogP contribution in [0.1, 0.15) is 21.6 Å². The summed E-state index contributed by atoms with van der Waals surface area (Å²) in [6.45, 7) is 3.63. The zero-order valence-corrected chi connectivity index (χ0v) is 20.3. The number of rotatable bonds is 7.